The molecule has 148 valence electrons. The molecule has 2 rings (SSSR count). The summed E-state index contributed by atoms with van der Waals surface area (Å²) < 4.78 is 0. The summed E-state index contributed by atoms with van der Waals surface area (Å²) in [7, 11) is 4.35. The lowest BCUT2D eigenvalue weighted by Crippen LogP contribution is -2.38. The first-order valence-corrected chi connectivity index (χ1v) is 10.6. The SMILES string of the molecule is CCCCC(CCCN(C)CCc1ccccc1)(CNC)c1ccccc1. The Kier molecular flexibility index (Phi) is 9.58. The molecule has 2 nitrogen and oxygen atoms in total. The molecule has 0 amide bonds. The molecule has 1 unspecified atom stereocenters. The van der Waals surface area contributed by atoms with Crippen LogP contribution in [0.3, 0.4) is 0 Å². The highest BCUT2D eigenvalue weighted by Gasteiger charge is 2.30. The fourth-order valence-corrected chi connectivity index (χ4v) is 4.10. The molecular weight excluding hydrogens is 328 g/mol. The lowest BCUT2D eigenvalue weighted by atomic mass is 9.73. The fraction of sp³-hybridized carbons (Fsp3) is 0.520. The van der Waals surface area contributed by atoms with Crippen molar-refractivity contribution < 1.29 is 0 Å². The summed E-state index contributed by atoms with van der Waals surface area (Å²) in [4.78, 5) is 2.49. The molecule has 0 heterocycles. The van der Waals surface area contributed by atoms with Crippen LogP contribution in [-0.4, -0.2) is 38.6 Å². The minimum absolute atomic E-state index is 0.256. The van der Waals surface area contributed by atoms with Crippen LogP contribution < -0.4 is 5.32 Å². The molecule has 0 aliphatic heterocycles. The first-order chi connectivity index (χ1) is 13.2. The molecule has 1 N–H and O–H groups in total. The van der Waals surface area contributed by atoms with E-state index in [0.29, 0.717) is 0 Å². The number of rotatable bonds is 13. The average Bonchev–Trinajstić information content (AvgIpc) is 2.72. The van der Waals surface area contributed by atoms with E-state index in [1.807, 2.05) is 0 Å². The molecule has 2 aromatic rings. The zero-order valence-corrected chi connectivity index (χ0v) is 17.6. The van der Waals surface area contributed by atoms with Gasteiger partial charge in [-0.25, -0.2) is 0 Å². The van der Waals surface area contributed by atoms with Gasteiger partial charge >= 0.3 is 0 Å². The molecule has 0 saturated heterocycles. The van der Waals surface area contributed by atoms with Gasteiger partial charge in [-0.3, -0.25) is 0 Å². The molecule has 0 spiro atoms. The number of likely N-dealkylation sites (N-methyl/N-ethyl adjacent to an activating group) is 2. The number of nitrogens with one attached hydrogen (secondary N) is 1. The second-order valence-corrected chi connectivity index (χ2v) is 7.92. The van der Waals surface area contributed by atoms with Gasteiger partial charge in [0, 0.05) is 18.5 Å². The van der Waals surface area contributed by atoms with Crippen LogP contribution in [0.15, 0.2) is 60.7 Å². The maximum atomic E-state index is 3.49. The standard InChI is InChI=1S/C25H38N2/c1-4-5-18-25(22-26-2,24-15-10-7-11-16-24)19-12-20-27(3)21-17-23-13-8-6-9-14-23/h6-11,13-16,26H,4-5,12,17-22H2,1-3H3. The van der Waals surface area contributed by atoms with Gasteiger partial charge in [-0.2, -0.15) is 0 Å². The normalized spacial score (nSPS) is 13.6. The Morgan fingerprint density at radius 2 is 1.48 bits per heavy atom. The van der Waals surface area contributed by atoms with Crippen LogP contribution in [-0.2, 0) is 11.8 Å². The largest absolute Gasteiger partial charge is 0.319 e. The third-order valence-electron chi connectivity index (χ3n) is 5.73. The van der Waals surface area contributed by atoms with E-state index >= 15 is 0 Å². The Hall–Kier alpha value is -1.64. The van der Waals surface area contributed by atoms with Crippen molar-refractivity contribution in [3.05, 3.63) is 71.8 Å². The van der Waals surface area contributed by atoms with E-state index in [1.165, 1.54) is 43.2 Å². The molecule has 2 aromatic carbocycles. The van der Waals surface area contributed by atoms with Gasteiger partial charge in [0.2, 0.25) is 0 Å². The van der Waals surface area contributed by atoms with Crippen molar-refractivity contribution in [3.63, 3.8) is 0 Å². The second kappa shape index (κ2) is 11.9. The van der Waals surface area contributed by atoms with Crippen LogP contribution in [0, 0.1) is 0 Å². The third-order valence-corrected chi connectivity index (χ3v) is 5.73. The molecule has 2 heteroatoms. The van der Waals surface area contributed by atoms with Gasteiger partial charge in [0.25, 0.3) is 0 Å². The predicted molar refractivity (Wildman–Crippen MR) is 118 cm³/mol. The topological polar surface area (TPSA) is 15.3 Å². The smallest absolute Gasteiger partial charge is 0.00781 e. The van der Waals surface area contributed by atoms with Gasteiger partial charge in [-0.05, 0) is 57.5 Å². The van der Waals surface area contributed by atoms with Gasteiger partial charge in [0.15, 0.2) is 0 Å². The summed E-state index contributed by atoms with van der Waals surface area (Å²) in [6.45, 7) is 5.65. The van der Waals surface area contributed by atoms with Crippen LogP contribution in [0.1, 0.15) is 50.2 Å². The van der Waals surface area contributed by atoms with Crippen molar-refractivity contribution in [3.8, 4) is 0 Å². The van der Waals surface area contributed by atoms with E-state index in [-0.39, 0.29) is 5.41 Å². The van der Waals surface area contributed by atoms with Crippen molar-refractivity contribution in [2.75, 3.05) is 33.7 Å². The van der Waals surface area contributed by atoms with E-state index in [4.69, 9.17) is 0 Å². The molecule has 0 bridgehead atoms. The van der Waals surface area contributed by atoms with Crippen molar-refractivity contribution in [1.82, 2.24) is 10.2 Å². The average molecular weight is 367 g/mol. The minimum Gasteiger partial charge on any atom is -0.319 e. The number of hydrogen-bond donors (Lipinski definition) is 1. The van der Waals surface area contributed by atoms with Crippen LogP contribution in [0.25, 0.3) is 0 Å². The van der Waals surface area contributed by atoms with Gasteiger partial charge in [-0.15, -0.1) is 0 Å². The van der Waals surface area contributed by atoms with Crippen LogP contribution in [0.2, 0.25) is 0 Å². The lowest BCUT2D eigenvalue weighted by molar-refractivity contribution is 0.282. The summed E-state index contributed by atoms with van der Waals surface area (Å²) in [5.41, 5.74) is 3.19. The highest BCUT2D eigenvalue weighted by atomic mass is 15.1. The summed E-state index contributed by atoms with van der Waals surface area (Å²) in [5.74, 6) is 0. The lowest BCUT2D eigenvalue weighted by Gasteiger charge is -2.35. The highest BCUT2D eigenvalue weighted by Crippen LogP contribution is 2.34. The second-order valence-electron chi connectivity index (χ2n) is 7.92. The van der Waals surface area contributed by atoms with Crippen molar-refractivity contribution in [2.45, 2.75) is 50.9 Å². The van der Waals surface area contributed by atoms with Gasteiger partial charge in [-0.1, -0.05) is 80.4 Å². The molecular formula is C25H38N2. The van der Waals surface area contributed by atoms with Crippen LogP contribution >= 0.6 is 0 Å². The van der Waals surface area contributed by atoms with E-state index in [9.17, 15) is 0 Å². The monoisotopic (exact) mass is 366 g/mol. The quantitative estimate of drug-likeness (QED) is 0.518. The molecule has 27 heavy (non-hydrogen) atoms. The summed E-state index contributed by atoms with van der Waals surface area (Å²) in [6, 6.07) is 22.0. The van der Waals surface area contributed by atoms with Crippen LogP contribution in [0.4, 0.5) is 0 Å². The Morgan fingerprint density at radius 3 is 2.11 bits per heavy atom. The van der Waals surface area contributed by atoms with E-state index in [1.54, 1.807) is 0 Å². The Bertz CT molecular complexity index is 611. The molecule has 0 saturated carbocycles. The molecule has 0 radical (unpaired) electrons. The van der Waals surface area contributed by atoms with E-state index in [2.05, 4.69) is 91.9 Å². The summed E-state index contributed by atoms with van der Waals surface area (Å²) in [6.07, 6.45) is 7.43. The first-order valence-electron chi connectivity index (χ1n) is 10.6. The van der Waals surface area contributed by atoms with Crippen molar-refractivity contribution in [1.29, 1.82) is 0 Å². The Labute approximate surface area is 167 Å². The Morgan fingerprint density at radius 1 is 0.852 bits per heavy atom. The molecule has 0 fully saturated rings. The zero-order valence-electron chi connectivity index (χ0n) is 17.6. The first kappa shape index (κ1) is 21.7. The summed E-state index contributed by atoms with van der Waals surface area (Å²) >= 11 is 0. The molecule has 0 aromatic heterocycles. The number of benzene rings is 2. The molecule has 1 atom stereocenters. The summed E-state index contributed by atoms with van der Waals surface area (Å²) in [5, 5.41) is 3.49. The number of hydrogen-bond acceptors (Lipinski definition) is 2. The van der Waals surface area contributed by atoms with E-state index in [0.717, 1.165) is 26.1 Å². The molecule has 0 aliphatic rings. The maximum absolute atomic E-state index is 3.49. The number of nitrogens with zero attached hydrogens (tertiary/aromatic N) is 1. The number of unbranched alkanes of at least 4 members (excludes halogenated alkanes) is 1. The van der Waals surface area contributed by atoms with Crippen molar-refractivity contribution in [2.24, 2.45) is 0 Å². The third kappa shape index (κ3) is 7.12. The zero-order chi connectivity index (χ0) is 19.4. The highest BCUT2D eigenvalue weighted by molar-refractivity contribution is 5.26. The predicted octanol–water partition coefficient (Wildman–Crippen LogP) is 5.29. The van der Waals surface area contributed by atoms with Gasteiger partial charge in [0.1, 0.15) is 0 Å². The minimum atomic E-state index is 0.256. The maximum Gasteiger partial charge on any atom is 0.00781 e. The van der Waals surface area contributed by atoms with E-state index < -0.39 is 0 Å². The van der Waals surface area contributed by atoms with Crippen molar-refractivity contribution >= 4 is 0 Å². The van der Waals surface area contributed by atoms with Gasteiger partial charge < -0.3 is 10.2 Å². The fourth-order valence-electron chi connectivity index (χ4n) is 4.10. The van der Waals surface area contributed by atoms with Crippen LogP contribution in [0.5, 0.6) is 0 Å². The van der Waals surface area contributed by atoms with Gasteiger partial charge in [0.05, 0.1) is 0 Å². The molecule has 0 aliphatic carbocycles. The Balaban J connectivity index is 1.92.